The zero-order chi connectivity index (χ0) is 24.4. The normalized spacial score (nSPS) is 11.1. The molecule has 0 aliphatic carbocycles. The Bertz CT molecular complexity index is 1220. The number of nitrogens with zero attached hydrogens (tertiary/aromatic N) is 3. The van der Waals surface area contributed by atoms with Crippen LogP contribution in [-0.2, 0) is 5.97 Å². The molecular weight excluding hydrogens is 451 g/mol. The van der Waals surface area contributed by atoms with Gasteiger partial charge in [-0.25, -0.2) is 18.2 Å². The molecule has 0 spiro atoms. The van der Waals surface area contributed by atoms with Gasteiger partial charge in [0.05, 0.1) is 17.6 Å². The van der Waals surface area contributed by atoms with Gasteiger partial charge in [0.15, 0.2) is 23.1 Å². The van der Waals surface area contributed by atoms with Crippen molar-refractivity contribution in [3.63, 3.8) is 0 Å². The summed E-state index contributed by atoms with van der Waals surface area (Å²) in [4.78, 5) is 20.0. The second-order valence-corrected chi connectivity index (χ2v) is 6.87. The van der Waals surface area contributed by atoms with Gasteiger partial charge in [-0.3, -0.25) is 14.3 Å². The highest BCUT2D eigenvalue weighted by atomic mass is 35.5. The summed E-state index contributed by atoms with van der Waals surface area (Å²) in [7, 11) is 0. The summed E-state index contributed by atoms with van der Waals surface area (Å²) in [6, 6.07) is 1.50. The number of pyridine rings is 3. The predicted octanol–water partition coefficient (Wildman–Crippen LogP) is 3.82. The van der Waals surface area contributed by atoms with E-state index in [0.29, 0.717) is 17.8 Å². The van der Waals surface area contributed by atoms with Gasteiger partial charge in [-0.15, -0.1) is 0 Å². The summed E-state index contributed by atoms with van der Waals surface area (Å²) in [5.41, 5.74) is -1.53. The lowest BCUT2D eigenvalue weighted by Gasteiger charge is -2.24. The van der Waals surface area contributed by atoms with Crippen molar-refractivity contribution in [1.82, 2.24) is 14.5 Å². The van der Waals surface area contributed by atoms with Crippen molar-refractivity contribution in [3.8, 4) is 11.4 Å². The largest absolute Gasteiger partial charge is 0.433 e. The van der Waals surface area contributed by atoms with Crippen LogP contribution in [0.25, 0.3) is 5.69 Å². The van der Waals surface area contributed by atoms with E-state index in [0.717, 1.165) is 10.6 Å². The number of aliphatic hydroxyl groups is 2. The fourth-order valence-corrected chi connectivity index (χ4v) is 3.00. The van der Waals surface area contributed by atoms with Crippen LogP contribution in [0.3, 0.4) is 0 Å². The molecule has 0 bridgehead atoms. The van der Waals surface area contributed by atoms with Gasteiger partial charge in [-0.05, 0) is 26.3 Å². The third-order valence-corrected chi connectivity index (χ3v) is 4.59. The molecule has 3 aromatic rings. The van der Waals surface area contributed by atoms with E-state index >= 15 is 0 Å². The topological polar surface area (TPSA) is 97.5 Å². The van der Waals surface area contributed by atoms with Crippen LogP contribution in [0.15, 0.2) is 29.3 Å². The Kier molecular flexibility index (Phi) is 7.66. The smallest absolute Gasteiger partial charge is 0.372 e. The van der Waals surface area contributed by atoms with Crippen LogP contribution in [0, 0.1) is 38.2 Å². The molecule has 0 unspecified atom stereocenters. The number of rotatable bonds is 4. The van der Waals surface area contributed by atoms with Crippen molar-refractivity contribution in [1.29, 1.82) is 0 Å². The number of hydrogen-bond donors (Lipinski definition) is 2. The molecule has 0 aliphatic heterocycles. The van der Waals surface area contributed by atoms with Crippen LogP contribution in [0.2, 0.25) is 5.02 Å². The van der Waals surface area contributed by atoms with Gasteiger partial charge in [0.2, 0.25) is 0 Å². The number of aromatic nitrogens is 3. The number of hydrogen-bond acceptors (Lipinski definition) is 6. The van der Waals surface area contributed by atoms with Crippen molar-refractivity contribution >= 4 is 11.6 Å². The standard InChI is InChI=1S/C19H15ClF3N3O4.C2H6/c1-8-6-24-10(3)15(23)16(8)26-9(2)4-13(14(20)18(26)27)30-19(28,29)17-12(22)5-11(21)7-25-17;1-2/h4-7,28-29H,1-3H3;1-2H3. The molecule has 0 aliphatic rings. The second-order valence-electron chi connectivity index (χ2n) is 6.49. The van der Waals surface area contributed by atoms with Crippen LogP contribution in [0.5, 0.6) is 5.75 Å². The molecule has 7 nitrogen and oxygen atoms in total. The lowest BCUT2D eigenvalue weighted by molar-refractivity contribution is -0.308. The Morgan fingerprint density at radius 2 is 1.69 bits per heavy atom. The molecule has 0 aromatic carbocycles. The molecule has 3 aromatic heterocycles. The minimum absolute atomic E-state index is 0.0564. The Balaban J connectivity index is 0.00000176. The minimum Gasteiger partial charge on any atom is -0.433 e. The first-order chi connectivity index (χ1) is 14.9. The molecule has 32 heavy (non-hydrogen) atoms. The quantitative estimate of drug-likeness (QED) is 0.561. The van der Waals surface area contributed by atoms with Crippen molar-refractivity contribution in [2.45, 2.75) is 40.6 Å². The monoisotopic (exact) mass is 471 g/mol. The highest BCUT2D eigenvalue weighted by Crippen LogP contribution is 2.31. The van der Waals surface area contributed by atoms with Crippen molar-refractivity contribution in [2.75, 3.05) is 0 Å². The molecule has 2 N–H and O–H groups in total. The minimum atomic E-state index is -3.37. The highest BCUT2D eigenvalue weighted by molar-refractivity contribution is 6.31. The van der Waals surface area contributed by atoms with Crippen molar-refractivity contribution < 1.29 is 28.1 Å². The molecule has 0 amide bonds. The average molecular weight is 472 g/mol. The molecule has 172 valence electrons. The van der Waals surface area contributed by atoms with E-state index in [2.05, 4.69) is 9.97 Å². The molecule has 0 saturated heterocycles. The van der Waals surface area contributed by atoms with Gasteiger partial charge >= 0.3 is 5.97 Å². The molecule has 0 atom stereocenters. The number of halogens is 4. The van der Waals surface area contributed by atoms with Gasteiger partial charge in [0.1, 0.15) is 10.8 Å². The maximum Gasteiger partial charge on any atom is 0.372 e. The molecule has 3 heterocycles. The molecule has 0 saturated carbocycles. The third kappa shape index (κ3) is 4.77. The summed E-state index contributed by atoms with van der Waals surface area (Å²) in [5, 5.41) is 19.6. The van der Waals surface area contributed by atoms with Crippen LogP contribution >= 0.6 is 11.6 Å². The first-order valence-corrected chi connectivity index (χ1v) is 9.81. The number of ether oxygens (including phenoxy) is 1. The fraction of sp³-hybridized carbons (Fsp3) is 0.286. The average Bonchev–Trinajstić information content (AvgIpc) is 2.72. The Hall–Kier alpha value is -2.95. The Morgan fingerprint density at radius 1 is 1.06 bits per heavy atom. The van der Waals surface area contributed by atoms with Crippen LogP contribution in [0.4, 0.5) is 13.2 Å². The van der Waals surface area contributed by atoms with E-state index in [-0.39, 0.29) is 17.1 Å². The summed E-state index contributed by atoms with van der Waals surface area (Å²) >= 11 is 6.03. The predicted molar refractivity (Wildman–Crippen MR) is 111 cm³/mol. The van der Waals surface area contributed by atoms with Crippen molar-refractivity contribution in [2.24, 2.45) is 0 Å². The SMILES string of the molecule is CC.Cc1cnc(C)c(F)c1-n1c(C)cc(OC(O)(O)c2ncc(F)cc2F)c(Cl)c1=O. The molecular formula is C21H21ClF3N3O4. The fourth-order valence-electron chi connectivity index (χ4n) is 2.82. The lowest BCUT2D eigenvalue weighted by atomic mass is 10.2. The summed E-state index contributed by atoms with van der Waals surface area (Å²) in [6.45, 7) is 8.39. The van der Waals surface area contributed by atoms with Gasteiger partial charge in [0, 0.05) is 24.0 Å². The molecule has 3 rings (SSSR count). The van der Waals surface area contributed by atoms with Crippen LogP contribution in [-0.4, -0.2) is 24.7 Å². The first-order valence-electron chi connectivity index (χ1n) is 9.43. The zero-order valence-electron chi connectivity index (χ0n) is 17.9. The summed E-state index contributed by atoms with van der Waals surface area (Å²) in [5.74, 6) is -7.09. The second kappa shape index (κ2) is 9.68. The maximum atomic E-state index is 14.7. The van der Waals surface area contributed by atoms with E-state index in [1.165, 1.54) is 20.0 Å². The van der Waals surface area contributed by atoms with Crippen LogP contribution in [0.1, 0.15) is 36.5 Å². The number of aryl methyl sites for hydroxylation is 3. The lowest BCUT2D eigenvalue weighted by Crippen LogP contribution is -2.36. The van der Waals surface area contributed by atoms with E-state index < -0.39 is 45.5 Å². The van der Waals surface area contributed by atoms with Gasteiger partial charge < -0.3 is 14.9 Å². The Morgan fingerprint density at radius 3 is 2.28 bits per heavy atom. The molecule has 0 fully saturated rings. The summed E-state index contributed by atoms with van der Waals surface area (Å²) < 4.78 is 47.4. The Labute approximate surface area is 186 Å². The van der Waals surface area contributed by atoms with E-state index in [4.69, 9.17) is 16.3 Å². The third-order valence-electron chi connectivity index (χ3n) is 4.24. The van der Waals surface area contributed by atoms with Gasteiger partial charge in [-0.1, -0.05) is 25.4 Å². The molecule has 11 heteroatoms. The van der Waals surface area contributed by atoms with E-state index in [9.17, 15) is 28.2 Å². The first kappa shape index (κ1) is 25.3. The van der Waals surface area contributed by atoms with Crippen molar-refractivity contribution in [3.05, 3.63) is 80.0 Å². The van der Waals surface area contributed by atoms with E-state index in [1.54, 1.807) is 6.92 Å². The van der Waals surface area contributed by atoms with Gasteiger partial charge in [-0.2, -0.15) is 0 Å². The zero-order valence-corrected chi connectivity index (χ0v) is 18.6. The summed E-state index contributed by atoms with van der Waals surface area (Å²) in [6.07, 6.45) is 1.93. The highest BCUT2D eigenvalue weighted by Gasteiger charge is 2.36. The van der Waals surface area contributed by atoms with Crippen LogP contribution < -0.4 is 10.3 Å². The van der Waals surface area contributed by atoms with Gasteiger partial charge in [0.25, 0.3) is 5.56 Å². The van der Waals surface area contributed by atoms with E-state index in [1.807, 2.05) is 13.8 Å². The molecule has 0 radical (unpaired) electrons. The maximum absolute atomic E-state index is 14.7.